The molecule has 118 valence electrons. The van der Waals surface area contributed by atoms with Crippen molar-refractivity contribution in [2.75, 3.05) is 0 Å². The van der Waals surface area contributed by atoms with Crippen molar-refractivity contribution in [1.29, 1.82) is 0 Å². The summed E-state index contributed by atoms with van der Waals surface area (Å²) < 4.78 is 0. The number of rotatable bonds is 4. The molecular weight excluding hydrogens is 306 g/mol. The second-order valence-corrected chi connectivity index (χ2v) is 5.02. The molecule has 0 fully saturated rings. The Kier molecular flexibility index (Phi) is 3.98. The Morgan fingerprint density at radius 3 is 1.38 bits per heavy atom. The van der Waals surface area contributed by atoms with Crippen molar-refractivity contribution >= 4 is 11.8 Å². The highest BCUT2D eigenvalue weighted by molar-refractivity contribution is 5.93. The summed E-state index contributed by atoms with van der Waals surface area (Å²) in [6.45, 7) is 0. The quantitative estimate of drug-likeness (QED) is 0.752. The molecule has 2 aromatic carbocycles. The highest BCUT2D eigenvalue weighted by atomic mass is 16.1. The molecule has 0 spiro atoms. The maximum Gasteiger partial charge on any atom is 0.248 e. The van der Waals surface area contributed by atoms with Gasteiger partial charge in [-0.05, 0) is 24.3 Å². The van der Waals surface area contributed by atoms with Crippen LogP contribution in [0.1, 0.15) is 20.7 Å². The van der Waals surface area contributed by atoms with Gasteiger partial charge in [0.05, 0.1) is 0 Å². The van der Waals surface area contributed by atoms with E-state index in [1.165, 1.54) is 6.33 Å². The number of hydrogen-bond acceptors (Lipinski definition) is 5. The summed E-state index contributed by atoms with van der Waals surface area (Å²) in [7, 11) is 0. The first-order valence-electron chi connectivity index (χ1n) is 7.04. The van der Waals surface area contributed by atoms with Crippen molar-refractivity contribution in [1.82, 2.24) is 15.0 Å². The zero-order valence-corrected chi connectivity index (χ0v) is 12.5. The second-order valence-electron chi connectivity index (χ2n) is 5.02. The van der Waals surface area contributed by atoms with E-state index in [9.17, 15) is 9.59 Å². The normalized spacial score (nSPS) is 10.3. The van der Waals surface area contributed by atoms with Crippen LogP contribution in [0.5, 0.6) is 0 Å². The Bertz CT molecular complexity index is 832. The lowest BCUT2D eigenvalue weighted by molar-refractivity contribution is 0.0992. The molecule has 2 amide bonds. The van der Waals surface area contributed by atoms with E-state index in [-0.39, 0.29) is 0 Å². The van der Waals surface area contributed by atoms with Crippen LogP contribution in [0.15, 0.2) is 54.9 Å². The number of aromatic nitrogens is 3. The summed E-state index contributed by atoms with van der Waals surface area (Å²) in [5.41, 5.74) is 12.7. The van der Waals surface area contributed by atoms with Gasteiger partial charge in [-0.2, -0.15) is 0 Å². The molecule has 4 N–H and O–H groups in total. The van der Waals surface area contributed by atoms with Crippen molar-refractivity contribution in [2.45, 2.75) is 0 Å². The maximum atomic E-state index is 11.1. The van der Waals surface area contributed by atoms with Crippen molar-refractivity contribution < 1.29 is 9.59 Å². The lowest BCUT2D eigenvalue weighted by atomic mass is 10.1. The van der Waals surface area contributed by atoms with Gasteiger partial charge in [0, 0.05) is 22.3 Å². The summed E-state index contributed by atoms with van der Waals surface area (Å²) in [6.07, 6.45) is 1.40. The monoisotopic (exact) mass is 319 g/mol. The van der Waals surface area contributed by atoms with Gasteiger partial charge in [-0.3, -0.25) is 9.59 Å². The lowest BCUT2D eigenvalue weighted by Crippen LogP contribution is -2.10. The predicted octanol–water partition coefficient (Wildman–Crippen LogP) is 1.40. The third kappa shape index (κ3) is 3.09. The van der Waals surface area contributed by atoms with E-state index in [0.29, 0.717) is 22.8 Å². The van der Waals surface area contributed by atoms with Crippen molar-refractivity contribution in [3.05, 3.63) is 66.0 Å². The fraction of sp³-hybridized carbons (Fsp3) is 0. The molecule has 24 heavy (non-hydrogen) atoms. The minimum Gasteiger partial charge on any atom is -0.366 e. The van der Waals surface area contributed by atoms with E-state index in [4.69, 9.17) is 11.5 Å². The van der Waals surface area contributed by atoms with E-state index < -0.39 is 11.8 Å². The topological polar surface area (TPSA) is 125 Å². The fourth-order valence-corrected chi connectivity index (χ4v) is 2.14. The van der Waals surface area contributed by atoms with Crippen LogP contribution in [0.4, 0.5) is 0 Å². The standard InChI is InChI=1S/C17H13N5O2/c18-14(23)10-1-5-12(6-2-10)16-20-9-21-17(22-16)13-7-3-11(4-8-13)15(19)24/h1-9H,(H2,18,23)(H2,19,24). The van der Waals surface area contributed by atoms with Crippen LogP contribution in [0.25, 0.3) is 22.8 Å². The summed E-state index contributed by atoms with van der Waals surface area (Å²) in [6, 6.07) is 13.3. The molecular formula is C17H13N5O2. The molecule has 3 aromatic rings. The number of nitrogens with zero attached hydrogens (tertiary/aromatic N) is 3. The fourth-order valence-electron chi connectivity index (χ4n) is 2.14. The van der Waals surface area contributed by atoms with Crippen LogP contribution in [0, 0.1) is 0 Å². The van der Waals surface area contributed by atoms with Gasteiger partial charge in [0.15, 0.2) is 11.6 Å². The van der Waals surface area contributed by atoms with Gasteiger partial charge in [0.25, 0.3) is 0 Å². The maximum absolute atomic E-state index is 11.1. The summed E-state index contributed by atoms with van der Waals surface area (Å²) >= 11 is 0. The molecule has 3 rings (SSSR count). The molecule has 0 unspecified atom stereocenters. The van der Waals surface area contributed by atoms with Crippen molar-refractivity contribution in [3.63, 3.8) is 0 Å². The smallest absolute Gasteiger partial charge is 0.248 e. The van der Waals surface area contributed by atoms with Gasteiger partial charge in [-0.15, -0.1) is 0 Å². The first kappa shape index (κ1) is 15.3. The first-order chi connectivity index (χ1) is 11.5. The Hall–Kier alpha value is -3.61. The van der Waals surface area contributed by atoms with E-state index in [1.54, 1.807) is 48.5 Å². The molecule has 0 atom stereocenters. The van der Waals surface area contributed by atoms with Crippen LogP contribution in [-0.2, 0) is 0 Å². The highest BCUT2D eigenvalue weighted by Gasteiger charge is 2.08. The molecule has 0 saturated carbocycles. The number of hydrogen-bond donors (Lipinski definition) is 2. The lowest BCUT2D eigenvalue weighted by Gasteiger charge is -2.04. The third-order valence-electron chi connectivity index (χ3n) is 3.43. The average Bonchev–Trinajstić information content (AvgIpc) is 2.62. The number of carbonyl (C=O) groups excluding carboxylic acids is 2. The molecule has 1 aromatic heterocycles. The predicted molar refractivity (Wildman–Crippen MR) is 87.7 cm³/mol. The molecule has 0 radical (unpaired) electrons. The molecule has 7 nitrogen and oxygen atoms in total. The van der Waals surface area contributed by atoms with E-state index in [1.807, 2.05) is 0 Å². The molecule has 1 heterocycles. The minimum absolute atomic E-state index is 0.412. The number of benzene rings is 2. The van der Waals surface area contributed by atoms with Gasteiger partial charge in [-0.25, -0.2) is 15.0 Å². The third-order valence-corrected chi connectivity index (χ3v) is 3.43. The zero-order chi connectivity index (χ0) is 17.1. The van der Waals surface area contributed by atoms with Gasteiger partial charge in [0.1, 0.15) is 6.33 Å². The van der Waals surface area contributed by atoms with Gasteiger partial charge < -0.3 is 11.5 Å². The zero-order valence-electron chi connectivity index (χ0n) is 12.5. The van der Waals surface area contributed by atoms with E-state index >= 15 is 0 Å². The first-order valence-corrected chi connectivity index (χ1v) is 7.04. The number of nitrogens with two attached hydrogens (primary N) is 2. The van der Waals surface area contributed by atoms with Gasteiger partial charge >= 0.3 is 0 Å². The SMILES string of the molecule is NC(=O)c1ccc(-c2ncnc(-c3ccc(C(N)=O)cc3)n2)cc1. The van der Waals surface area contributed by atoms with Gasteiger partial charge in [0.2, 0.25) is 11.8 Å². The summed E-state index contributed by atoms with van der Waals surface area (Å²) in [4.78, 5) is 34.9. The van der Waals surface area contributed by atoms with Crippen LogP contribution in [0.3, 0.4) is 0 Å². The van der Waals surface area contributed by atoms with E-state index in [2.05, 4.69) is 15.0 Å². The van der Waals surface area contributed by atoms with Crippen molar-refractivity contribution in [2.24, 2.45) is 11.5 Å². The number of amides is 2. The Balaban J connectivity index is 1.94. The number of primary amides is 2. The van der Waals surface area contributed by atoms with E-state index in [0.717, 1.165) is 11.1 Å². The Labute approximate surface area is 137 Å². The molecule has 0 bridgehead atoms. The molecule has 0 saturated heterocycles. The summed E-state index contributed by atoms with van der Waals surface area (Å²) in [5.74, 6) is -0.0511. The minimum atomic E-state index is -0.493. The highest BCUT2D eigenvalue weighted by Crippen LogP contribution is 2.20. The van der Waals surface area contributed by atoms with Gasteiger partial charge in [-0.1, -0.05) is 24.3 Å². The Morgan fingerprint density at radius 1 is 0.667 bits per heavy atom. The van der Waals surface area contributed by atoms with Crippen LogP contribution < -0.4 is 11.5 Å². The molecule has 0 aliphatic carbocycles. The van der Waals surface area contributed by atoms with Crippen LogP contribution >= 0.6 is 0 Å². The average molecular weight is 319 g/mol. The van der Waals surface area contributed by atoms with Crippen molar-refractivity contribution in [3.8, 4) is 22.8 Å². The molecule has 7 heteroatoms. The van der Waals surface area contributed by atoms with Crippen LogP contribution in [-0.4, -0.2) is 26.8 Å². The largest absolute Gasteiger partial charge is 0.366 e. The second kappa shape index (κ2) is 6.25. The molecule has 0 aliphatic heterocycles. The molecule has 0 aliphatic rings. The van der Waals surface area contributed by atoms with Crippen LogP contribution in [0.2, 0.25) is 0 Å². The summed E-state index contributed by atoms with van der Waals surface area (Å²) in [5, 5.41) is 0. The Morgan fingerprint density at radius 2 is 1.04 bits per heavy atom. The number of carbonyl (C=O) groups is 2.